The first-order chi connectivity index (χ1) is 10.3. The molecule has 1 unspecified atom stereocenters. The largest absolute Gasteiger partial charge is 0.271 e. The molecule has 110 valence electrons. The van der Waals surface area contributed by atoms with Crippen LogP contribution in [0.25, 0.3) is 0 Å². The summed E-state index contributed by atoms with van der Waals surface area (Å²) in [4.78, 5) is 0. The lowest BCUT2D eigenvalue weighted by Crippen LogP contribution is -2.43. The molecule has 0 amide bonds. The Hall–Kier alpha value is -1.71. The van der Waals surface area contributed by atoms with E-state index in [1.54, 1.807) is 12.1 Å². The second kappa shape index (κ2) is 5.96. The Kier molecular flexibility index (Phi) is 4.04. The number of rotatable bonds is 4. The van der Waals surface area contributed by atoms with Gasteiger partial charge in [-0.1, -0.05) is 55.3 Å². The average Bonchev–Trinajstić information content (AvgIpc) is 3.00. The summed E-state index contributed by atoms with van der Waals surface area (Å²) in [6.45, 7) is 0. The fourth-order valence-corrected chi connectivity index (χ4v) is 3.78. The van der Waals surface area contributed by atoms with Crippen LogP contribution in [0.5, 0.6) is 0 Å². The minimum absolute atomic E-state index is 0.0518. The fourth-order valence-electron chi connectivity index (χ4n) is 3.78. The van der Waals surface area contributed by atoms with Gasteiger partial charge in [0.15, 0.2) is 0 Å². The predicted octanol–water partition coefficient (Wildman–Crippen LogP) is 3.84. The summed E-state index contributed by atoms with van der Waals surface area (Å²) < 4.78 is 13.6. The Bertz CT molecular complexity index is 591. The van der Waals surface area contributed by atoms with Crippen LogP contribution in [0.3, 0.4) is 0 Å². The molecular weight excluding hydrogens is 263 g/mol. The van der Waals surface area contributed by atoms with E-state index in [0.29, 0.717) is 0 Å². The molecule has 0 aliphatic heterocycles. The molecule has 1 atom stereocenters. The maximum absolute atomic E-state index is 13.6. The Morgan fingerprint density at radius 2 is 1.71 bits per heavy atom. The quantitative estimate of drug-likeness (QED) is 0.661. The van der Waals surface area contributed by atoms with E-state index < -0.39 is 0 Å². The molecule has 2 aromatic rings. The van der Waals surface area contributed by atoms with E-state index in [4.69, 9.17) is 5.84 Å². The third-order valence-electron chi connectivity index (χ3n) is 4.75. The van der Waals surface area contributed by atoms with Crippen LogP contribution < -0.4 is 11.3 Å². The van der Waals surface area contributed by atoms with Crippen LogP contribution in [0, 0.1) is 5.82 Å². The molecule has 2 nitrogen and oxygen atoms in total. The van der Waals surface area contributed by atoms with Crippen LogP contribution in [0.1, 0.15) is 42.9 Å². The van der Waals surface area contributed by atoms with Gasteiger partial charge in [-0.15, -0.1) is 0 Å². The molecule has 21 heavy (non-hydrogen) atoms. The lowest BCUT2D eigenvalue weighted by atomic mass is 9.70. The standard InChI is InChI=1S/C18H21FN2/c19-16-10-6-7-14(13-16)17(21-20)18(11-4-5-12-18)15-8-2-1-3-9-15/h1-3,6-10,13,17,21H,4-5,11-12,20H2. The molecule has 0 bridgehead atoms. The second-order valence-corrected chi connectivity index (χ2v) is 5.88. The summed E-state index contributed by atoms with van der Waals surface area (Å²) in [5.41, 5.74) is 5.11. The molecule has 0 aromatic heterocycles. The molecule has 3 rings (SSSR count). The van der Waals surface area contributed by atoms with Crippen molar-refractivity contribution in [2.24, 2.45) is 5.84 Å². The maximum atomic E-state index is 13.6. The van der Waals surface area contributed by atoms with Crippen molar-refractivity contribution in [2.45, 2.75) is 37.1 Å². The zero-order chi connectivity index (χ0) is 14.7. The number of nitrogens with two attached hydrogens (primary N) is 1. The molecule has 0 radical (unpaired) electrons. The highest BCUT2D eigenvalue weighted by Crippen LogP contribution is 2.49. The first-order valence-corrected chi connectivity index (χ1v) is 7.53. The van der Waals surface area contributed by atoms with Gasteiger partial charge in [0.25, 0.3) is 0 Å². The number of benzene rings is 2. The van der Waals surface area contributed by atoms with E-state index in [9.17, 15) is 4.39 Å². The van der Waals surface area contributed by atoms with Crippen molar-refractivity contribution in [1.29, 1.82) is 0 Å². The lowest BCUT2D eigenvalue weighted by Gasteiger charge is -2.38. The van der Waals surface area contributed by atoms with Crippen molar-refractivity contribution >= 4 is 0 Å². The summed E-state index contributed by atoms with van der Waals surface area (Å²) >= 11 is 0. The van der Waals surface area contributed by atoms with Gasteiger partial charge >= 0.3 is 0 Å². The summed E-state index contributed by atoms with van der Waals surface area (Å²) in [7, 11) is 0. The van der Waals surface area contributed by atoms with Gasteiger partial charge < -0.3 is 0 Å². The summed E-state index contributed by atoms with van der Waals surface area (Å²) in [6, 6.07) is 17.2. The molecule has 0 saturated heterocycles. The maximum Gasteiger partial charge on any atom is 0.123 e. The van der Waals surface area contributed by atoms with Crippen molar-refractivity contribution in [3.8, 4) is 0 Å². The molecule has 3 N–H and O–H groups in total. The van der Waals surface area contributed by atoms with Gasteiger partial charge in [-0.3, -0.25) is 11.3 Å². The van der Waals surface area contributed by atoms with Crippen molar-refractivity contribution in [1.82, 2.24) is 5.43 Å². The van der Waals surface area contributed by atoms with Crippen LogP contribution in [0.2, 0.25) is 0 Å². The first kappa shape index (κ1) is 14.2. The monoisotopic (exact) mass is 284 g/mol. The van der Waals surface area contributed by atoms with Crippen LogP contribution in [-0.2, 0) is 5.41 Å². The lowest BCUT2D eigenvalue weighted by molar-refractivity contribution is 0.303. The molecule has 1 saturated carbocycles. The number of nitrogens with one attached hydrogen (secondary N) is 1. The highest BCUT2D eigenvalue weighted by molar-refractivity contribution is 5.34. The van der Waals surface area contributed by atoms with Gasteiger partial charge in [0.1, 0.15) is 5.82 Å². The minimum atomic E-state index is -0.214. The van der Waals surface area contributed by atoms with E-state index >= 15 is 0 Å². The molecule has 3 heteroatoms. The Morgan fingerprint density at radius 1 is 1.00 bits per heavy atom. The van der Waals surface area contributed by atoms with E-state index in [1.807, 2.05) is 12.1 Å². The Morgan fingerprint density at radius 3 is 2.33 bits per heavy atom. The predicted molar refractivity (Wildman–Crippen MR) is 83.1 cm³/mol. The Balaban J connectivity index is 2.07. The molecule has 0 spiro atoms. The Labute approximate surface area is 125 Å². The molecule has 1 aliphatic carbocycles. The van der Waals surface area contributed by atoms with Gasteiger partial charge in [-0.25, -0.2) is 4.39 Å². The van der Waals surface area contributed by atoms with Crippen molar-refractivity contribution in [3.05, 3.63) is 71.5 Å². The molecule has 2 aromatic carbocycles. The third kappa shape index (κ3) is 2.59. The molecule has 0 heterocycles. The molecule has 1 fully saturated rings. The number of halogens is 1. The number of hydrogen-bond acceptors (Lipinski definition) is 2. The normalized spacial score (nSPS) is 18.6. The first-order valence-electron chi connectivity index (χ1n) is 7.53. The van der Waals surface area contributed by atoms with Crippen molar-refractivity contribution < 1.29 is 4.39 Å². The fraction of sp³-hybridized carbons (Fsp3) is 0.333. The molecule has 1 aliphatic rings. The van der Waals surface area contributed by atoms with Gasteiger partial charge in [-0.05, 0) is 36.1 Å². The number of hydrazine groups is 1. The van der Waals surface area contributed by atoms with Crippen LogP contribution in [0.15, 0.2) is 54.6 Å². The third-order valence-corrected chi connectivity index (χ3v) is 4.75. The zero-order valence-corrected chi connectivity index (χ0v) is 12.1. The van der Waals surface area contributed by atoms with Crippen LogP contribution >= 0.6 is 0 Å². The van der Waals surface area contributed by atoms with E-state index in [0.717, 1.165) is 18.4 Å². The van der Waals surface area contributed by atoms with Gasteiger partial charge in [0.05, 0.1) is 6.04 Å². The van der Waals surface area contributed by atoms with Gasteiger partial charge in [0, 0.05) is 5.41 Å². The zero-order valence-electron chi connectivity index (χ0n) is 12.1. The summed E-state index contributed by atoms with van der Waals surface area (Å²) in [6.07, 6.45) is 4.51. The molecular formula is C18H21FN2. The highest BCUT2D eigenvalue weighted by atomic mass is 19.1. The van der Waals surface area contributed by atoms with Crippen molar-refractivity contribution in [2.75, 3.05) is 0 Å². The van der Waals surface area contributed by atoms with E-state index in [2.05, 4.69) is 29.7 Å². The van der Waals surface area contributed by atoms with E-state index in [-0.39, 0.29) is 17.3 Å². The van der Waals surface area contributed by atoms with Crippen LogP contribution in [0.4, 0.5) is 4.39 Å². The highest BCUT2D eigenvalue weighted by Gasteiger charge is 2.43. The van der Waals surface area contributed by atoms with E-state index in [1.165, 1.54) is 24.5 Å². The van der Waals surface area contributed by atoms with Gasteiger partial charge in [0.2, 0.25) is 0 Å². The minimum Gasteiger partial charge on any atom is -0.271 e. The van der Waals surface area contributed by atoms with Crippen molar-refractivity contribution in [3.63, 3.8) is 0 Å². The summed E-state index contributed by atoms with van der Waals surface area (Å²) in [5.74, 6) is 5.67. The summed E-state index contributed by atoms with van der Waals surface area (Å²) in [5, 5.41) is 0. The average molecular weight is 284 g/mol. The van der Waals surface area contributed by atoms with Crippen LogP contribution in [-0.4, -0.2) is 0 Å². The smallest absolute Gasteiger partial charge is 0.123 e. The SMILES string of the molecule is NNC(c1cccc(F)c1)C1(c2ccccc2)CCCC1. The second-order valence-electron chi connectivity index (χ2n) is 5.88. The number of hydrogen-bond donors (Lipinski definition) is 2. The van der Waals surface area contributed by atoms with Gasteiger partial charge in [-0.2, -0.15) is 0 Å². The topological polar surface area (TPSA) is 38.0 Å².